The van der Waals surface area contributed by atoms with Crippen molar-refractivity contribution in [3.8, 4) is 6.07 Å². The van der Waals surface area contributed by atoms with Gasteiger partial charge in [0.2, 0.25) is 5.91 Å². The maximum absolute atomic E-state index is 12.2. The molecule has 3 nitrogen and oxygen atoms in total. The zero-order valence-electron chi connectivity index (χ0n) is 17.7. The van der Waals surface area contributed by atoms with Crippen LogP contribution in [0.5, 0.6) is 0 Å². The number of nitriles is 1. The van der Waals surface area contributed by atoms with Crippen LogP contribution in [-0.2, 0) is 11.2 Å². The summed E-state index contributed by atoms with van der Waals surface area (Å²) < 4.78 is 0. The Morgan fingerprint density at radius 1 is 1.03 bits per heavy atom. The van der Waals surface area contributed by atoms with E-state index in [0.29, 0.717) is 11.5 Å². The number of amides is 1. The minimum absolute atomic E-state index is 0.134. The maximum Gasteiger partial charge on any atom is 0.219 e. The topological polar surface area (TPSA) is 44.1 Å². The fourth-order valence-corrected chi connectivity index (χ4v) is 4.47. The molecule has 150 valence electrons. The largest absolute Gasteiger partial charge is 0.335 e. The molecule has 3 aromatic rings. The normalized spacial score (nSPS) is 16.1. The van der Waals surface area contributed by atoms with Gasteiger partial charge in [-0.05, 0) is 69.6 Å². The van der Waals surface area contributed by atoms with Crippen molar-refractivity contribution in [2.75, 3.05) is 6.54 Å². The average Bonchev–Trinajstić information content (AvgIpc) is 2.75. The van der Waals surface area contributed by atoms with Gasteiger partial charge in [0, 0.05) is 13.5 Å². The number of carbonyl (C=O) groups is 1. The lowest BCUT2D eigenvalue weighted by Gasteiger charge is -2.39. The van der Waals surface area contributed by atoms with Crippen LogP contribution in [0.15, 0.2) is 54.6 Å². The smallest absolute Gasteiger partial charge is 0.219 e. The van der Waals surface area contributed by atoms with Crippen LogP contribution >= 0.6 is 0 Å². The van der Waals surface area contributed by atoms with E-state index in [2.05, 4.69) is 68.5 Å². The zero-order chi connectivity index (χ0) is 21.3. The first-order valence-electron chi connectivity index (χ1n) is 10.5. The minimum atomic E-state index is 0.134. The second-order valence-corrected chi connectivity index (χ2v) is 8.38. The molecule has 0 spiro atoms. The van der Waals surface area contributed by atoms with E-state index in [-0.39, 0.29) is 11.9 Å². The van der Waals surface area contributed by atoms with Gasteiger partial charge in [0.1, 0.15) is 0 Å². The van der Waals surface area contributed by atoms with Crippen molar-refractivity contribution in [3.05, 3.63) is 82.4 Å². The van der Waals surface area contributed by atoms with Crippen LogP contribution in [0.2, 0.25) is 0 Å². The number of rotatable bonds is 3. The fourth-order valence-electron chi connectivity index (χ4n) is 4.47. The Morgan fingerprint density at radius 2 is 1.70 bits per heavy atom. The predicted octanol–water partition coefficient (Wildman–Crippen LogP) is 5.98. The standard InChI is InChI=1S/C27H26N2O/c1-18(2)27-26-16-21(6-9-23(26)12-13-29(27)19(3)30)5-4-20-7-10-25-15-22(17-28)8-11-24(25)14-20/h4-11,14-16,18,27H,12-13H2,1-3H3. The van der Waals surface area contributed by atoms with Gasteiger partial charge in [-0.25, -0.2) is 0 Å². The molecule has 1 heterocycles. The highest BCUT2D eigenvalue weighted by atomic mass is 16.2. The zero-order valence-corrected chi connectivity index (χ0v) is 17.7. The molecule has 0 saturated heterocycles. The molecule has 30 heavy (non-hydrogen) atoms. The van der Waals surface area contributed by atoms with Gasteiger partial charge < -0.3 is 4.90 Å². The highest BCUT2D eigenvalue weighted by Gasteiger charge is 2.31. The SMILES string of the molecule is CC(=O)N1CCc2ccc(C=Cc3ccc4cc(C#N)ccc4c3)cc2C1C(C)C. The molecule has 0 radical (unpaired) electrons. The Morgan fingerprint density at radius 3 is 2.40 bits per heavy atom. The lowest BCUT2D eigenvalue weighted by atomic mass is 9.85. The number of nitrogens with zero attached hydrogens (tertiary/aromatic N) is 2. The second-order valence-electron chi connectivity index (χ2n) is 8.38. The Labute approximate surface area is 178 Å². The van der Waals surface area contributed by atoms with Gasteiger partial charge in [-0.3, -0.25) is 4.79 Å². The summed E-state index contributed by atoms with van der Waals surface area (Å²) in [6, 6.07) is 21.0. The van der Waals surface area contributed by atoms with Gasteiger partial charge >= 0.3 is 0 Å². The summed E-state index contributed by atoms with van der Waals surface area (Å²) in [5.74, 6) is 0.516. The van der Waals surface area contributed by atoms with Crippen molar-refractivity contribution < 1.29 is 4.79 Å². The molecular formula is C27H26N2O. The molecular weight excluding hydrogens is 368 g/mol. The third-order valence-corrected chi connectivity index (χ3v) is 5.94. The molecule has 0 N–H and O–H groups in total. The lowest BCUT2D eigenvalue weighted by Crippen LogP contribution is -2.41. The van der Waals surface area contributed by atoms with Crippen molar-refractivity contribution in [1.29, 1.82) is 5.26 Å². The van der Waals surface area contributed by atoms with Gasteiger partial charge in [-0.1, -0.05) is 56.3 Å². The van der Waals surface area contributed by atoms with Crippen molar-refractivity contribution in [3.63, 3.8) is 0 Å². The summed E-state index contributed by atoms with van der Waals surface area (Å²) in [6.07, 6.45) is 5.17. The Hall–Kier alpha value is -3.38. The van der Waals surface area contributed by atoms with E-state index >= 15 is 0 Å². The molecule has 1 amide bonds. The summed E-state index contributed by atoms with van der Waals surface area (Å²) in [6.45, 7) is 6.84. The summed E-state index contributed by atoms with van der Waals surface area (Å²) in [4.78, 5) is 14.2. The molecule has 3 heteroatoms. The van der Waals surface area contributed by atoms with Crippen LogP contribution < -0.4 is 0 Å². The Balaban J connectivity index is 1.64. The van der Waals surface area contributed by atoms with Crippen LogP contribution in [0, 0.1) is 17.2 Å². The molecule has 4 rings (SSSR count). The fraction of sp³-hybridized carbons (Fsp3) is 0.259. The molecule has 1 aliphatic heterocycles. The lowest BCUT2D eigenvalue weighted by molar-refractivity contribution is -0.132. The summed E-state index contributed by atoms with van der Waals surface area (Å²) in [5, 5.41) is 11.3. The monoisotopic (exact) mass is 394 g/mol. The summed E-state index contributed by atoms with van der Waals surface area (Å²) in [5.41, 5.74) is 5.57. The Bertz CT molecular complexity index is 1180. The molecule has 1 unspecified atom stereocenters. The van der Waals surface area contributed by atoms with Crippen molar-refractivity contribution >= 4 is 28.8 Å². The molecule has 0 fully saturated rings. The number of hydrogen-bond donors (Lipinski definition) is 0. The van der Waals surface area contributed by atoms with E-state index in [9.17, 15) is 4.79 Å². The third-order valence-electron chi connectivity index (χ3n) is 5.94. The first kappa shape index (κ1) is 19.9. The summed E-state index contributed by atoms with van der Waals surface area (Å²) >= 11 is 0. The van der Waals surface area contributed by atoms with E-state index in [1.54, 1.807) is 6.92 Å². The van der Waals surface area contributed by atoms with E-state index in [0.717, 1.165) is 34.9 Å². The van der Waals surface area contributed by atoms with E-state index in [1.807, 2.05) is 23.1 Å². The first-order valence-corrected chi connectivity index (χ1v) is 10.5. The molecule has 0 aliphatic carbocycles. The van der Waals surface area contributed by atoms with Gasteiger partial charge in [-0.2, -0.15) is 5.26 Å². The van der Waals surface area contributed by atoms with Gasteiger partial charge in [-0.15, -0.1) is 0 Å². The third kappa shape index (κ3) is 3.86. The van der Waals surface area contributed by atoms with Gasteiger partial charge in [0.15, 0.2) is 0 Å². The molecule has 0 saturated carbocycles. The van der Waals surface area contributed by atoms with Crippen molar-refractivity contribution in [2.24, 2.45) is 5.92 Å². The number of carbonyl (C=O) groups excluding carboxylic acids is 1. The van der Waals surface area contributed by atoms with Crippen molar-refractivity contribution in [2.45, 2.75) is 33.2 Å². The number of fused-ring (bicyclic) bond motifs is 2. The predicted molar refractivity (Wildman–Crippen MR) is 123 cm³/mol. The quantitative estimate of drug-likeness (QED) is 0.513. The van der Waals surface area contributed by atoms with Crippen LogP contribution in [0.1, 0.15) is 54.6 Å². The van der Waals surface area contributed by atoms with Gasteiger partial charge in [0.25, 0.3) is 0 Å². The Kier molecular flexibility index (Phi) is 5.42. The molecule has 1 atom stereocenters. The van der Waals surface area contributed by atoms with Crippen LogP contribution in [0.4, 0.5) is 0 Å². The van der Waals surface area contributed by atoms with Crippen molar-refractivity contribution in [1.82, 2.24) is 4.90 Å². The van der Waals surface area contributed by atoms with Crippen LogP contribution in [0.3, 0.4) is 0 Å². The van der Waals surface area contributed by atoms with Crippen LogP contribution in [0.25, 0.3) is 22.9 Å². The van der Waals surface area contributed by atoms with E-state index in [4.69, 9.17) is 5.26 Å². The van der Waals surface area contributed by atoms with E-state index < -0.39 is 0 Å². The minimum Gasteiger partial charge on any atom is -0.335 e. The van der Waals surface area contributed by atoms with Gasteiger partial charge in [0.05, 0.1) is 17.7 Å². The molecule has 0 bridgehead atoms. The van der Waals surface area contributed by atoms with E-state index in [1.165, 1.54) is 11.1 Å². The summed E-state index contributed by atoms with van der Waals surface area (Å²) in [7, 11) is 0. The maximum atomic E-state index is 12.2. The number of hydrogen-bond acceptors (Lipinski definition) is 2. The number of benzene rings is 3. The highest BCUT2D eigenvalue weighted by molar-refractivity contribution is 5.87. The molecule has 0 aromatic heterocycles. The second kappa shape index (κ2) is 8.16. The molecule has 3 aromatic carbocycles. The average molecular weight is 395 g/mol. The highest BCUT2D eigenvalue weighted by Crippen LogP contribution is 2.36. The first-order chi connectivity index (χ1) is 14.5. The molecule has 1 aliphatic rings. The van der Waals surface area contributed by atoms with Crippen LogP contribution in [-0.4, -0.2) is 17.4 Å².